The molecule has 0 saturated carbocycles. The van der Waals surface area contributed by atoms with Gasteiger partial charge in [0.1, 0.15) is 0 Å². The van der Waals surface area contributed by atoms with Crippen LogP contribution >= 0.6 is 43.2 Å². The monoisotopic (exact) mass is 428 g/mol. The molecule has 20 heavy (non-hydrogen) atoms. The summed E-state index contributed by atoms with van der Waals surface area (Å²) in [6.07, 6.45) is -4.83. The quantitative estimate of drug-likeness (QED) is 0.676. The lowest BCUT2D eigenvalue weighted by Gasteiger charge is -2.11. The highest BCUT2D eigenvalue weighted by molar-refractivity contribution is 9.12. The van der Waals surface area contributed by atoms with Crippen LogP contribution in [0.4, 0.5) is 13.2 Å². The molecule has 1 N–H and O–H groups in total. The summed E-state index contributed by atoms with van der Waals surface area (Å²) < 4.78 is 39.0. The maximum absolute atomic E-state index is 12.4. The molecule has 7 heteroatoms. The van der Waals surface area contributed by atoms with Crippen molar-refractivity contribution in [2.75, 3.05) is 0 Å². The van der Waals surface area contributed by atoms with Crippen molar-refractivity contribution in [2.45, 2.75) is 18.7 Å². The van der Waals surface area contributed by atoms with E-state index in [2.05, 4.69) is 31.9 Å². The molecule has 0 amide bonds. The Morgan fingerprint density at radius 1 is 1.15 bits per heavy atom. The number of rotatable bonds is 3. The van der Waals surface area contributed by atoms with Crippen LogP contribution in [-0.4, -0.2) is 5.11 Å². The predicted molar refractivity (Wildman–Crippen MR) is 79.8 cm³/mol. The molecule has 2 rings (SSSR count). The Labute approximate surface area is 134 Å². The average molecular weight is 430 g/mol. The molecule has 1 unspecified atom stereocenters. The largest absolute Gasteiger partial charge is 0.416 e. The molecule has 1 aromatic carbocycles. The number of thiophene rings is 1. The lowest BCUT2D eigenvalue weighted by Crippen LogP contribution is -2.05. The Bertz CT molecular complexity index is 593. The van der Waals surface area contributed by atoms with E-state index in [9.17, 15) is 18.3 Å². The highest BCUT2D eigenvalue weighted by Crippen LogP contribution is 2.37. The minimum absolute atomic E-state index is 0.264. The van der Waals surface area contributed by atoms with Gasteiger partial charge in [0.05, 0.1) is 19.2 Å². The van der Waals surface area contributed by atoms with Gasteiger partial charge in [0, 0.05) is 12.0 Å². The van der Waals surface area contributed by atoms with E-state index >= 15 is 0 Å². The van der Waals surface area contributed by atoms with Crippen LogP contribution in [0, 0.1) is 0 Å². The molecule has 0 fully saturated rings. The fourth-order valence-electron chi connectivity index (χ4n) is 1.74. The Morgan fingerprint density at radius 2 is 1.75 bits per heavy atom. The van der Waals surface area contributed by atoms with Crippen LogP contribution in [0.2, 0.25) is 0 Å². The number of hydrogen-bond acceptors (Lipinski definition) is 2. The molecule has 2 aromatic rings. The first kappa shape index (κ1) is 16.0. The van der Waals surface area contributed by atoms with E-state index in [0.29, 0.717) is 5.56 Å². The van der Waals surface area contributed by atoms with Crippen molar-refractivity contribution in [1.29, 1.82) is 0 Å². The van der Waals surface area contributed by atoms with Crippen molar-refractivity contribution in [2.24, 2.45) is 0 Å². The minimum atomic E-state index is -4.33. The highest BCUT2D eigenvalue weighted by Gasteiger charge is 2.30. The summed E-state index contributed by atoms with van der Waals surface area (Å²) in [5.74, 6) is 0. The zero-order valence-electron chi connectivity index (χ0n) is 9.92. The van der Waals surface area contributed by atoms with E-state index in [1.165, 1.54) is 23.5 Å². The molecule has 0 aliphatic heterocycles. The first-order valence-electron chi connectivity index (χ1n) is 5.56. The first-order chi connectivity index (χ1) is 9.27. The number of benzene rings is 1. The summed E-state index contributed by atoms with van der Waals surface area (Å²) in [6.45, 7) is 0. The van der Waals surface area contributed by atoms with Crippen molar-refractivity contribution in [3.63, 3.8) is 0 Å². The van der Waals surface area contributed by atoms with Crippen molar-refractivity contribution in [3.05, 3.63) is 54.6 Å². The Kier molecular flexibility index (Phi) is 4.94. The van der Waals surface area contributed by atoms with Crippen LogP contribution < -0.4 is 0 Å². The number of aliphatic hydroxyl groups is 1. The Balaban J connectivity index is 2.12. The van der Waals surface area contributed by atoms with Gasteiger partial charge in [-0.2, -0.15) is 13.2 Å². The molecule has 0 saturated heterocycles. The average Bonchev–Trinajstić information content (AvgIpc) is 2.68. The molecule has 0 radical (unpaired) electrons. The summed E-state index contributed by atoms with van der Waals surface area (Å²) in [5.41, 5.74) is 0.691. The smallest absolute Gasteiger partial charge is 0.388 e. The van der Waals surface area contributed by atoms with E-state index < -0.39 is 17.8 Å². The number of halogens is 5. The Hall–Kier alpha value is -0.370. The third-order valence-corrected chi connectivity index (χ3v) is 5.14. The van der Waals surface area contributed by atoms with Gasteiger partial charge in [-0.15, -0.1) is 11.3 Å². The lowest BCUT2D eigenvalue weighted by molar-refractivity contribution is -0.137. The molecule has 1 nitrogen and oxygen atoms in total. The number of aliphatic hydroxyl groups excluding tert-OH is 1. The van der Waals surface area contributed by atoms with Gasteiger partial charge in [-0.25, -0.2) is 0 Å². The zero-order chi connectivity index (χ0) is 14.9. The SMILES string of the molecule is OC(Cc1ccc(C(F)(F)F)cc1)c1cc(Br)sc1Br. The lowest BCUT2D eigenvalue weighted by atomic mass is 10.0. The molecule has 1 heterocycles. The van der Waals surface area contributed by atoms with Crippen LogP contribution in [0.15, 0.2) is 37.9 Å². The second-order valence-electron chi connectivity index (χ2n) is 4.19. The molecule has 1 atom stereocenters. The predicted octanol–water partition coefficient (Wildman–Crippen LogP) is 5.57. The summed E-state index contributed by atoms with van der Waals surface area (Å²) >= 11 is 8.11. The number of hydrogen-bond donors (Lipinski definition) is 1. The van der Waals surface area contributed by atoms with Gasteiger partial charge in [-0.1, -0.05) is 12.1 Å². The van der Waals surface area contributed by atoms with Crippen LogP contribution in [0.3, 0.4) is 0 Å². The minimum Gasteiger partial charge on any atom is -0.388 e. The highest BCUT2D eigenvalue weighted by atomic mass is 79.9. The summed E-state index contributed by atoms with van der Waals surface area (Å²) in [4.78, 5) is 0. The molecule has 0 bridgehead atoms. The van der Waals surface area contributed by atoms with Gasteiger partial charge < -0.3 is 5.11 Å². The normalized spacial score (nSPS) is 13.5. The molecule has 0 aliphatic carbocycles. The van der Waals surface area contributed by atoms with Crippen LogP contribution in [0.1, 0.15) is 22.8 Å². The third kappa shape index (κ3) is 3.84. The van der Waals surface area contributed by atoms with Crippen LogP contribution in [0.5, 0.6) is 0 Å². The molecule has 108 valence electrons. The number of alkyl halides is 3. The van der Waals surface area contributed by atoms with Gasteiger partial charge in [0.15, 0.2) is 0 Å². The van der Waals surface area contributed by atoms with Crippen molar-refractivity contribution >= 4 is 43.2 Å². The summed E-state index contributed by atoms with van der Waals surface area (Å²) in [6, 6.07) is 6.63. The van der Waals surface area contributed by atoms with E-state index in [0.717, 1.165) is 25.3 Å². The first-order valence-corrected chi connectivity index (χ1v) is 7.96. The molecular formula is C13H9Br2F3OS. The molecule has 0 spiro atoms. The maximum atomic E-state index is 12.4. The van der Waals surface area contributed by atoms with E-state index in [1.807, 2.05) is 0 Å². The Morgan fingerprint density at radius 3 is 2.20 bits per heavy atom. The van der Waals surface area contributed by atoms with E-state index in [1.54, 1.807) is 6.07 Å². The van der Waals surface area contributed by atoms with Crippen LogP contribution in [-0.2, 0) is 12.6 Å². The zero-order valence-corrected chi connectivity index (χ0v) is 13.9. The second kappa shape index (κ2) is 6.17. The van der Waals surface area contributed by atoms with E-state index in [-0.39, 0.29) is 6.42 Å². The fourth-order valence-corrected chi connectivity index (χ4v) is 4.70. The van der Waals surface area contributed by atoms with Crippen molar-refractivity contribution < 1.29 is 18.3 Å². The van der Waals surface area contributed by atoms with Crippen molar-refractivity contribution in [3.8, 4) is 0 Å². The van der Waals surface area contributed by atoms with Gasteiger partial charge >= 0.3 is 6.18 Å². The third-order valence-electron chi connectivity index (χ3n) is 2.75. The second-order valence-corrected chi connectivity index (χ2v) is 7.94. The standard InChI is InChI=1S/C13H9Br2F3OS/c14-11-6-9(12(15)20-11)10(19)5-7-1-3-8(4-2-7)13(16,17)18/h1-4,6,10,19H,5H2. The summed E-state index contributed by atoms with van der Waals surface area (Å²) in [5, 5.41) is 10.1. The van der Waals surface area contributed by atoms with E-state index in [4.69, 9.17) is 0 Å². The van der Waals surface area contributed by atoms with Gasteiger partial charge in [0.25, 0.3) is 0 Å². The maximum Gasteiger partial charge on any atom is 0.416 e. The van der Waals surface area contributed by atoms with Gasteiger partial charge in [0.2, 0.25) is 0 Å². The molecular weight excluding hydrogens is 421 g/mol. The summed E-state index contributed by atoms with van der Waals surface area (Å²) in [7, 11) is 0. The van der Waals surface area contributed by atoms with Gasteiger partial charge in [-0.05, 0) is 55.6 Å². The van der Waals surface area contributed by atoms with Crippen molar-refractivity contribution in [1.82, 2.24) is 0 Å². The van der Waals surface area contributed by atoms with Gasteiger partial charge in [-0.3, -0.25) is 0 Å². The molecule has 1 aromatic heterocycles. The fraction of sp³-hybridized carbons (Fsp3) is 0.231. The molecule has 0 aliphatic rings. The topological polar surface area (TPSA) is 20.2 Å². The van der Waals surface area contributed by atoms with Crippen LogP contribution in [0.25, 0.3) is 0 Å².